The molecule has 1 N–H and O–H groups in total. The zero-order valence-electron chi connectivity index (χ0n) is 20.9. The highest BCUT2D eigenvalue weighted by atomic mass is 16.5. The van der Waals surface area contributed by atoms with Gasteiger partial charge in [-0.1, -0.05) is 0 Å². The van der Waals surface area contributed by atoms with Crippen LogP contribution in [0.1, 0.15) is 30.1 Å². The lowest BCUT2D eigenvalue weighted by Gasteiger charge is -2.34. The van der Waals surface area contributed by atoms with E-state index in [1.165, 1.54) is 16.2 Å². The molecule has 1 amide bonds. The number of aromatic nitrogens is 2. The molecule has 0 atom stereocenters. The molecule has 0 radical (unpaired) electrons. The van der Waals surface area contributed by atoms with Gasteiger partial charge in [-0.15, -0.1) is 0 Å². The average Bonchev–Trinajstić information content (AvgIpc) is 2.90. The number of fused-ring (bicyclic) bond motifs is 1. The van der Waals surface area contributed by atoms with Crippen molar-refractivity contribution < 1.29 is 19.1 Å². The molecule has 2 aromatic carbocycles. The molecule has 36 heavy (non-hydrogen) atoms. The average molecular weight is 495 g/mol. The Kier molecular flexibility index (Phi) is 7.14. The molecule has 0 saturated carbocycles. The third-order valence-electron chi connectivity index (χ3n) is 6.66. The Morgan fingerprint density at radius 3 is 2.11 bits per heavy atom. The van der Waals surface area contributed by atoms with Crippen LogP contribution in [-0.4, -0.2) is 47.8 Å². The number of hydrogen-bond donors (Lipinski definition) is 1. The Labute approximate surface area is 208 Å². The Hall–Kier alpha value is -4.08. The molecular weight excluding hydrogens is 464 g/mol. The topological polar surface area (TPSA) is 112 Å². The van der Waals surface area contributed by atoms with Crippen LogP contribution in [0.15, 0.2) is 46.0 Å². The fraction of sp³-hybridized carbons (Fsp3) is 0.385. The lowest BCUT2D eigenvalue weighted by molar-refractivity contribution is -0.148. The van der Waals surface area contributed by atoms with Crippen molar-refractivity contribution in [3.8, 4) is 5.75 Å². The first kappa shape index (κ1) is 25.0. The van der Waals surface area contributed by atoms with E-state index in [0.717, 1.165) is 0 Å². The number of anilines is 2. The number of rotatable bonds is 6. The second-order valence-corrected chi connectivity index (χ2v) is 8.78. The van der Waals surface area contributed by atoms with Gasteiger partial charge in [-0.3, -0.25) is 19.2 Å². The summed E-state index contributed by atoms with van der Waals surface area (Å²) in [6, 6.07) is 10.3. The summed E-state index contributed by atoms with van der Waals surface area (Å²) < 4.78 is 13.0. The molecule has 4 rings (SSSR count). The molecule has 0 aliphatic carbocycles. The number of esters is 1. The number of amides is 1. The highest BCUT2D eigenvalue weighted by Crippen LogP contribution is 2.34. The predicted molar refractivity (Wildman–Crippen MR) is 137 cm³/mol. The number of carbonyl (C=O) groups is 2. The number of benzene rings is 2. The van der Waals surface area contributed by atoms with E-state index >= 15 is 0 Å². The molecule has 1 fully saturated rings. The van der Waals surface area contributed by atoms with Gasteiger partial charge in [0, 0.05) is 32.7 Å². The molecule has 1 aliphatic heterocycles. The molecule has 3 aromatic rings. The zero-order chi connectivity index (χ0) is 26.0. The quantitative estimate of drug-likeness (QED) is 0.413. The van der Waals surface area contributed by atoms with Crippen molar-refractivity contribution in [3.05, 3.63) is 62.7 Å². The standard InChI is InChI=1S/C26H30N4O6/c1-5-36-26(34)17-10-12-30(13-11-17)20-15-22-21(28(2)24(32)25(33)29(22)3)14-19(20)27-23(31)16-6-8-18(35-4)9-7-16/h6-9,14-15,17H,5,10-13H2,1-4H3,(H,27,31). The number of ether oxygens (including phenoxy) is 2. The van der Waals surface area contributed by atoms with E-state index in [9.17, 15) is 19.2 Å². The summed E-state index contributed by atoms with van der Waals surface area (Å²) in [7, 11) is 4.64. The first-order valence-electron chi connectivity index (χ1n) is 11.9. The third-order valence-corrected chi connectivity index (χ3v) is 6.66. The number of piperidine rings is 1. The van der Waals surface area contributed by atoms with Crippen molar-refractivity contribution in [3.63, 3.8) is 0 Å². The lowest BCUT2D eigenvalue weighted by atomic mass is 9.96. The normalized spacial score (nSPS) is 14.1. The van der Waals surface area contributed by atoms with Gasteiger partial charge in [0.2, 0.25) is 0 Å². The highest BCUT2D eigenvalue weighted by Gasteiger charge is 2.28. The van der Waals surface area contributed by atoms with Gasteiger partial charge >= 0.3 is 17.1 Å². The van der Waals surface area contributed by atoms with Crippen LogP contribution in [0, 0.1) is 5.92 Å². The molecule has 10 heteroatoms. The molecule has 190 valence electrons. The van der Waals surface area contributed by atoms with Crippen LogP contribution in [0.4, 0.5) is 11.4 Å². The van der Waals surface area contributed by atoms with Gasteiger partial charge in [0.1, 0.15) is 5.75 Å². The van der Waals surface area contributed by atoms with Crippen molar-refractivity contribution >= 4 is 34.3 Å². The molecule has 0 spiro atoms. The van der Waals surface area contributed by atoms with E-state index in [0.29, 0.717) is 66.3 Å². The Bertz CT molecular complexity index is 1420. The number of methoxy groups -OCH3 is 1. The Balaban J connectivity index is 1.74. The number of nitrogens with zero attached hydrogens (tertiary/aromatic N) is 3. The zero-order valence-corrected chi connectivity index (χ0v) is 20.9. The molecule has 2 heterocycles. The lowest BCUT2D eigenvalue weighted by Crippen LogP contribution is -2.40. The summed E-state index contributed by atoms with van der Waals surface area (Å²) in [6.45, 7) is 3.27. The van der Waals surface area contributed by atoms with E-state index in [-0.39, 0.29) is 17.8 Å². The smallest absolute Gasteiger partial charge is 0.316 e. The van der Waals surface area contributed by atoms with Gasteiger partial charge in [0.15, 0.2) is 0 Å². The van der Waals surface area contributed by atoms with Crippen LogP contribution >= 0.6 is 0 Å². The van der Waals surface area contributed by atoms with Crippen LogP contribution in [0.3, 0.4) is 0 Å². The summed E-state index contributed by atoms with van der Waals surface area (Å²) in [5.74, 6) is -0.0573. The summed E-state index contributed by atoms with van der Waals surface area (Å²) in [4.78, 5) is 52.3. The van der Waals surface area contributed by atoms with Gasteiger partial charge in [-0.05, 0) is 56.2 Å². The van der Waals surface area contributed by atoms with Crippen molar-refractivity contribution in [2.75, 3.05) is 37.0 Å². The summed E-state index contributed by atoms with van der Waals surface area (Å²) in [5.41, 5.74) is 1.45. The largest absolute Gasteiger partial charge is 0.497 e. The molecule has 1 saturated heterocycles. The van der Waals surface area contributed by atoms with Crippen molar-refractivity contribution in [1.29, 1.82) is 0 Å². The minimum Gasteiger partial charge on any atom is -0.497 e. The number of nitrogens with one attached hydrogen (secondary N) is 1. The van der Waals surface area contributed by atoms with E-state index in [1.807, 2.05) is 6.07 Å². The van der Waals surface area contributed by atoms with Gasteiger partial charge in [-0.25, -0.2) is 0 Å². The summed E-state index contributed by atoms with van der Waals surface area (Å²) in [6.07, 6.45) is 1.21. The first-order valence-corrected chi connectivity index (χ1v) is 11.9. The minimum absolute atomic E-state index is 0.177. The maximum Gasteiger partial charge on any atom is 0.316 e. The molecule has 1 aliphatic rings. The maximum atomic E-state index is 13.1. The second-order valence-electron chi connectivity index (χ2n) is 8.78. The molecule has 1 aromatic heterocycles. The molecule has 10 nitrogen and oxygen atoms in total. The maximum absolute atomic E-state index is 13.1. The van der Waals surface area contributed by atoms with Crippen molar-refractivity contribution in [2.24, 2.45) is 20.0 Å². The number of aryl methyl sites for hydroxylation is 2. The van der Waals surface area contributed by atoms with Gasteiger partial charge in [0.05, 0.1) is 42.0 Å². The van der Waals surface area contributed by atoms with Gasteiger partial charge in [-0.2, -0.15) is 0 Å². The van der Waals surface area contributed by atoms with Crippen molar-refractivity contribution in [1.82, 2.24) is 9.13 Å². The van der Waals surface area contributed by atoms with E-state index in [4.69, 9.17) is 9.47 Å². The monoisotopic (exact) mass is 494 g/mol. The Morgan fingerprint density at radius 2 is 1.56 bits per heavy atom. The summed E-state index contributed by atoms with van der Waals surface area (Å²) in [5, 5.41) is 2.97. The van der Waals surface area contributed by atoms with E-state index in [1.54, 1.807) is 51.4 Å². The second kappa shape index (κ2) is 10.3. The van der Waals surface area contributed by atoms with Gasteiger partial charge < -0.3 is 28.8 Å². The molecule has 0 unspecified atom stereocenters. The van der Waals surface area contributed by atoms with Crippen molar-refractivity contribution in [2.45, 2.75) is 19.8 Å². The van der Waals surface area contributed by atoms with Crippen LogP contribution in [0.25, 0.3) is 11.0 Å². The SMILES string of the molecule is CCOC(=O)C1CCN(c2cc3c(cc2NC(=O)c2ccc(OC)cc2)n(C)c(=O)c(=O)n3C)CC1. The molecular formula is C26H30N4O6. The van der Waals surface area contributed by atoms with Crippen LogP contribution in [0.2, 0.25) is 0 Å². The van der Waals surface area contributed by atoms with Gasteiger partial charge in [0.25, 0.3) is 5.91 Å². The predicted octanol–water partition coefficient (Wildman–Crippen LogP) is 2.28. The number of carbonyl (C=O) groups excluding carboxylic acids is 2. The van der Waals surface area contributed by atoms with Crippen LogP contribution in [0.5, 0.6) is 5.75 Å². The van der Waals surface area contributed by atoms with E-state index in [2.05, 4.69) is 10.2 Å². The minimum atomic E-state index is -0.652. The fourth-order valence-corrected chi connectivity index (χ4v) is 4.52. The third kappa shape index (κ3) is 4.71. The Morgan fingerprint density at radius 1 is 0.972 bits per heavy atom. The first-order chi connectivity index (χ1) is 17.2. The van der Waals surface area contributed by atoms with E-state index < -0.39 is 11.1 Å². The molecule has 0 bridgehead atoms. The summed E-state index contributed by atoms with van der Waals surface area (Å²) >= 11 is 0. The van der Waals surface area contributed by atoms with Crippen LogP contribution in [-0.2, 0) is 23.6 Å². The number of hydrogen-bond acceptors (Lipinski definition) is 7. The fourth-order valence-electron chi connectivity index (χ4n) is 4.52. The van der Waals surface area contributed by atoms with Crippen LogP contribution < -0.4 is 26.1 Å². The highest BCUT2D eigenvalue weighted by molar-refractivity contribution is 6.07.